The molecule has 3 aliphatic rings. The van der Waals surface area contributed by atoms with Gasteiger partial charge in [-0.1, -0.05) is 18.6 Å². The van der Waals surface area contributed by atoms with E-state index in [4.69, 9.17) is 18.9 Å². The Balaban J connectivity index is 0.00000231. The summed E-state index contributed by atoms with van der Waals surface area (Å²) in [5.41, 5.74) is 1.49. The molecule has 3 fully saturated rings. The summed E-state index contributed by atoms with van der Waals surface area (Å²) < 4.78 is 16.8. The van der Waals surface area contributed by atoms with Crippen molar-refractivity contribution in [3.05, 3.63) is 54.0 Å². The Morgan fingerprint density at radius 2 is 2.06 bits per heavy atom. The van der Waals surface area contributed by atoms with Gasteiger partial charge in [0.15, 0.2) is 5.96 Å². The number of rotatable bonds is 7. The van der Waals surface area contributed by atoms with E-state index in [1.807, 2.05) is 24.3 Å². The summed E-state index contributed by atoms with van der Waals surface area (Å²) >= 11 is 0. The van der Waals surface area contributed by atoms with Gasteiger partial charge in [-0.15, -0.1) is 24.0 Å². The molecule has 0 radical (unpaired) electrons. The predicted molar refractivity (Wildman–Crippen MR) is 131 cm³/mol. The van der Waals surface area contributed by atoms with Gasteiger partial charge in [0.2, 0.25) is 0 Å². The maximum Gasteiger partial charge on any atom is 0.191 e. The molecule has 2 N–H and O–H groups in total. The van der Waals surface area contributed by atoms with Crippen LogP contribution in [0.1, 0.15) is 37.0 Å². The van der Waals surface area contributed by atoms with Crippen LogP contribution in [0.5, 0.6) is 5.75 Å². The second-order valence-corrected chi connectivity index (χ2v) is 8.72. The lowest BCUT2D eigenvalue weighted by atomic mass is 9.46. The first-order valence-corrected chi connectivity index (χ1v) is 11.1. The van der Waals surface area contributed by atoms with Gasteiger partial charge in [-0.2, -0.15) is 0 Å². The van der Waals surface area contributed by atoms with Crippen molar-refractivity contribution < 1.29 is 13.9 Å². The van der Waals surface area contributed by atoms with Gasteiger partial charge in [-0.25, -0.2) is 4.99 Å². The van der Waals surface area contributed by atoms with Crippen LogP contribution in [-0.4, -0.2) is 38.4 Å². The minimum atomic E-state index is 0. The third kappa shape index (κ3) is 4.44. The van der Waals surface area contributed by atoms with Crippen molar-refractivity contribution in [2.24, 2.45) is 16.3 Å². The van der Waals surface area contributed by atoms with E-state index in [2.05, 4.69) is 22.8 Å². The Morgan fingerprint density at radius 1 is 1.23 bits per heavy atom. The molecule has 0 amide bonds. The Kier molecular flexibility index (Phi) is 7.11. The molecule has 2 heterocycles. The van der Waals surface area contributed by atoms with Crippen LogP contribution in [-0.2, 0) is 17.7 Å². The number of nitrogens with one attached hydrogen (secondary N) is 2. The van der Waals surface area contributed by atoms with E-state index in [0.717, 1.165) is 49.0 Å². The fourth-order valence-electron chi connectivity index (χ4n) is 5.42. The van der Waals surface area contributed by atoms with Crippen LogP contribution >= 0.6 is 24.0 Å². The minimum Gasteiger partial charge on any atom is -0.497 e. The lowest BCUT2D eigenvalue weighted by molar-refractivity contribution is -0.171. The highest BCUT2D eigenvalue weighted by molar-refractivity contribution is 14.0. The summed E-state index contributed by atoms with van der Waals surface area (Å²) in [6, 6.07) is 12.5. The summed E-state index contributed by atoms with van der Waals surface area (Å²) in [5, 5.41) is 7.32. The Labute approximate surface area is 201 Å². The largest absolute Gasteiger partial charge is 0.497 e. The summed E-state index contributed by atoms with van der Waals surface area (Å²) in [7, 11) is 1.69. The second kappa shape index (κ2) is 9.81. The summed E-state index contributed by atoms with van der Waals surface area (Å²) in [6.45, 7) is 2.32. The molecule has 1 aromatic carbocycles. The van der Waals surface area contributed by atoms with Gasteiger partial charge >= 0.3 is 0 Å². The molecule has 0 bridgehead atoms. The van der Waals surface area contributed by atoms with Gasteiger partial charge < -0.3 is 24.5 Å². The number of nitrogens with zero attached hydrogens (tertiary/aromatic N) is 1. The molecule has 1 aliphatic heterocycles. The summed E-state index contributed by atoms with van der Waals surface area (Å²) in [4.78, 5) is 4.91. The van der Waals surface area contributed by atoms with Crippen LogP contribution in [0.4, 0.5) is 0 Å². The van der Waals surface area contributed by atoms with Gasteiger partial charge in [0.05, 0.1) is 26.0 Å². The van der Waals surface area contributed by atoms with E-state index in [-0.39, 0.29) is 24.0 Å². The van der Waals surface area contributed by atoms with Crippen molar-refractivity contribution >= 4 is 29.9 Å². The third-order valence-corrected chi connectivity index (χ3v) is 7.15. The fraction of sp³-hybridized carbons (Fsp3) is 0.542. The third-order valence-electron chi connectivity index (χ3n) is 7.15. The highest BCUT2D eigenvalue weighted by atomic mass is 127. The average Bonchev–Trinajstić information content (AvgIpc) is 3.40. The normalized spacial score (nSPS) is 25.7. The molecular formula is C24H32IN3O3. The molecule has 2 aromatic rings. The van der Waals surface area contributed by atoms with E-state index in [1.165, 1.54) is 19.3 Å². The molecule has 1 spiro atoms. The first kappa shape index (κ1) is 22.5. The zero-order valence-corrected chi connectivity index (χ0v) is 20.3. The van der Waals surface area contributed by atoms with Gasteiger partial charge in [0, 0.05) is 36.9 Å². The van der Waals surface area contributed by atoms with E-state index in [9.17, 15) is 0 Å². The van der Waals surface area contributed by atoms with E-state index in [0.29, 0.717) is 30.0 Å². The average molecular weight is 537 g/mol. The molecule has 5 rings (SSSR count). The van der Waals surface area contributed by atoms with Crippen LogP contribution in [0, 0.1) is 11.3 Å². The number of ether oxygens (including phenoxy) is 2. The molecule has 3 unspecified atom stereocenters. The molecule has 2 aliphatic carbocycles. The molecule has 1 aromatic heterocycles. The maximum atomic E-state index is 6.08. The maximum absolute atomic E-state index is 6.08. The smallest absolute Gasteiger partial charge is 0.191 e. The number of fused-ring (bicyclic) bond motifs is 2. The Bertz CT molecular complexity index is 865. The SMILES string of the molecule is COc1ccc(CN=C(NCCc2ccco2)NC2C3CCOC3C23CCC3)cc1.I. The van der Waals surface area contributed by atoms with Gasteiger partial charge in [-0.05, 0) is 49.1 Å². The van der Waals surface area contributed by atoms with E-state index >= 15 is 0 Å². The number of furan rings is 1. The highest BCUT2D eigenvalue weighted by Crippen LogP contribution is 2.62. The lowest BCUT2D eigenvalue weighted by Gasteiger charge is -2.63. The molecule has 31 heavy (non-hydrogen) atoms. The molecule has 6 nitrogen and oxygen atoms in total. The van der Waals surface area contributed by atoms with Crippen molar-refractivity contribution in [2.75, 3.05) is 20.3 Å². The van der Waals surface area contributed by atoms with Crippen molar-refractivity contribution in [3.8, 4) is 5.75 Å². The second-order valence-electron chi connectivity index (χ2n) is 8.72. The number of benzene rings is 1. The number of guanidine groups is 1. The Morgan fingerprint density at radius 3 is 2.74 bits per heavy atom. The highest BCUT2D eigenvalue weighted by Gasteiger charge is 2.66. The van der Waals surface area contributed by atoms with Crippen LogP contribution in [0.3, 0.4) is 0 Å². The first-order chi connectivity index (χ1) is 14.8. The quantitative estimate of drug-likeness (QED) is 0.316. The number of halogens is 1. The molecule has 1 saturated heterocycles. The molecule has 7 heteroatoms. The van der Waals surface area contributed by atoms with Crippen LogP contribution in [0.2, 0.25) is 0 Å². The number of hydrogen-bond donors (Lipinski definition) is 2. The van der Waals surface area contributed by atoms with Gasteiger partial charge in [0.25, 0.3) is 0 Å². The fourth-order valence-corrected chi connectivity index (χ4v) is 5.42. The molecular weight excluding hydrogens is 505 g/mol. The zero-order chi connectivity index (χ0) is 20.4. The summed E-state index contributed by atoms with van der Waals surface area (Å²) in [5.74, 6) is 3.36. The number of hydrogen-bond acceptors (Lipinski definition) is 4. The molecule has 168 valence electrons. The van der Waals surface area contributed by atoms with Gasteiger partial charge in [-0.3, -0.25) is 0 Å². The van der Waals surface area contributed by atoms with Gasteiger partial charge in [0.1, 0.15) is 11.5 Å². The topological polar surface area (TPSA) is 68.0 Å². The Hall–Kier alpha value is -1.74. The van der Waals surface area contributed by atoms with E-state index in [1.54, 1.807) is 13.4 Å². The molecule has 2 saturated carbocycles. The zero-order valence-electron chi connectivity index (χ0n) is 18.0. The van der Waals surface area contributed by atoms with Crippen molar-refractivity contribution in [1.29, 1.82) is 0 Å². The van der Waals surface area contributed by atoms with Crippen molar-refractivity contribution in [1.82, 2.24) is 10.6 Å². The number of methoxy groups -OCH3 is 1. The van der Waals surface area contributed by atoms with Crippen LogP contribution in [0.15, 0.2) is 52.1 Å². The molecule has 3 atom stereocenters. The predicted octanol–water partition coefficient (Wildman–Crippen LogP) is 4.14. The minimum absolute atomic E-state index is 0. The van der Waals surface area contributed by atoms with Crippen molar-refractivity contribution in [2.45, 2.75) is 50.8 Å². The standard InChI is InChI=1S/C24H31N3O3.HI/c1-28-18-7-5-17(6-8-18)16-26-23(25-13-9-19-4-2-14-29-19)27-21-20-10-15-30-22(20)24(21)11-3-12-24;/h2,4-8,14,20-22H,3,9-13,15-16H2,1H3,(H2,25,26,27);1H. The lowest BCUT2D eigenvalue weighted by Crippen LogP contribution is -2.72. The van der Waals surface area contributed by atoms with Crippen LogP contribution < -0.4 is 15.4 Å². The number of aliphatic imine (C=N–C) groups is 1. The first-order valence-electron chi connectivity index (χ1n) is 11.1. The van der Waals surface area contributed by atoms with Crippen molar-refractivity contribution in [3.63, 3.8) is 0 Å². The van der Waals surface area contributed by atoms with E-state index < -0.39 is 0 Å². The monoisotopic (exact) mass is 537 g/mol. The van der Waals surface area contributed by atoms with Crippen LogP contribution in [0.25, 0.3) is 0 Å². The summed E-state index contributed by atoms with van der Waals surface area (Å²) in [6.07, 6.45) is 8.02.